The number of nitrogens with one attached hydrogen (secondary N) is 1. The van der Waals surface area contributed by atoms with Crippen molar-refractivity contribution in [2.75, 3.05) is 26.1 Å². The smallest absolute Gasteiger partial charge is 0.226 e. The van der Waals surface area contributed by atoms with Crippen molar-refractivity contribution in [1.82, 2.24) is 14.8 Å². The highest BCUT2D eigenvalue weighted by molar-refractivity contribution is 6.31. The number of fused-ring (bicyclic) bond motifs is 1. The van der Waals surface area contributed by atoms with Crippen LogP contribution in [0.15, 0.2) is 48.5 Å². The summed E-state index contributed by atoms with van der Waals surface area (Å²) < 4.78 is 12.6. The quantitative estimate of drug-likeness (QED) is 0.595. The fraction of sp³-hybridized carbons (Fsp3) is 0.273. The fourth-order valence-electron chi connectivity index (χ4n) is 3.49. The van der Waals surface area contributed by atoms with E-state index in [0.717, 1.165) is 16.8 Å². The lowest BCUT2D eigenvalue weighted by Gasteiger charge is -2.25. The molecule has 4 rings (SSSR count). The molecule has 0 bridgehead atoms. The number of rotatable bonds is 7. The van der Waals surface area contributed by atoms with Crippen molar-refractivity contribution in [3.8, 4) is 11.5 Å². The number of ether oxygens (including phenoxy) is 2. The predicted octanol–water partition coefficient (Wildman–Crippen LogP) is 3.93. The molecule has 0 saturated heterocycles. The summed E-state index contributed by atoms with van der Waals surface area (Å²) in [4.78, 5) is 4.64. The van der Waals surface area contributed by atoms with Gasteiger partial charge in [0.15, 0.2) is 17.3 Å². The first-order chi connectivity index (χ1) is 14.6. The van der Waals surface area contributed by atoms with E-state index in [0.29, 0.717) is 41.1 Å². The number of aliphatic hydroxyl groups is 1. The van der Waals surface area contributed by atoms with Gasteiger partial charge in [-0.05, 0) is 42.3 Å². The number of benzene rings is 2. The van der Waals surface area contributed by atoms with Gasteiger partial charge in [0.25, 0.3) is 0 Å². The maximum atomic E-state index is 9.15. The first-order valence-electron chi connectivity index (χ1n) is 9.66. The molecule has 2 N–H and O–H groups in total. The Morgan fingerprint density at radius 3 is 2.67 bits per heavy atom. The van der Waals surface area contributed by atoms with E-state index in [-0.39, 0.29) is 12.6 Å². The topological polar surface area (TPSA) is 81.4 Å². The number of hydrogen-bond acceptors (Lipinski definition) is 6. The van der Waals surface area contributed by atoms with Gasteiger partial charge >= 0.3 is 0 Å². The third-order valence-electron chi connectivity index (χ3n) is 4.99. The van der Waals surface area contributed by atoms with Gasteiger partial charge in [-0.25, -0.2) is 4.68 Å². The molecule has 1 unspecified atom stereocenters. The standard InChI is InChI=1S/C22H23ClN4O3/c1-29-19-10-9-14(12-20(19)30-2)17-13-18(15-6-3-4-7-16(15)23)27-22(24-17)25-21(26-27)8-5-11-28/h3-4,6-7,9-10,12-13,18,28H,5,8,11H2,1-2H3,(H,24,25,26). The minimum absolute atomic E-state index is 0.0976. The highest BCUT2D eigenvalue weighted by Gasteiger charge is 2.26. The lowest BCUT2D eigenvalue weighted by molar-refractivity contribution is 0.287. The second-order valence-corrected chi connectivity index (χ2v) is 7.27. The molecule has 0 spiro atoms. The van der Waals surface area contributed by atoms with Crippen LogP contribution in [0, 0.1) is 0 Å². The molecule has 2 aromatic carbocycles. The molecule has 3 aromatic rings. The molecule has 156 valence electrons. The van der Waals surface area contributed by atoms with Crippen molar-refractivity contribution in [3.05, 3.63) is 70.5 Å². The Kier molecular flexibility index (Phi) is 5.92. The highest BCUT2D eigenvalue weighted by atomic mass is 35.5. The summed E-state index contributed by atoms with van der Waals surface area (Å²) in [5.74, 6) is 2.60. The van der Waals surface area contributed by atoms with Gasteiger partial charge in [0.1, 0.15) is 6.04 Å². The number of hydrogen-bond donors (Lipinski definition) is 2. The van der Waals surface area contributed by atoms with Crippen LogP contribution in [0.4, 0.5) is 5.95 Å². The molecule has 7 nitrogen and oxygen atoms in total. The van der Waals surface area contributed by atoms with Gasteiger partial charge in [-0.15, -0.1) is 0 Å². The number of aryl methyl sites for hydroxylation is 1. The molecule has 0 amide bonds. The van der Waals surface area contributed by atoms with Gasteiger partial charge in [-0.1, -0.05) is 29.8 Å². The molecule has 0 fully saturated rings. The Hall–Kier alpha value is -3.03. The van der Waals surface area contributed by atoms with Crippen LogP contribution >= 0.6 is 11.6 Å². The van der Waals surface area contributed by atoms with Crippen molar-refractivity contribution in [2.24, 2.45) is 0 Å². The zero-order chi connectivity index (χ0) is 21.1. The number of nitrogens with zero attached hydrogens (tertiary/aromatic N) is 3. The zero-order valence-electron chi connectivity index (χ0n) is 16.8. The van der Waals surface area contributed by atoms with Crippen LogP contribution in [0.2, 0.25) is 5.02 Å². The monoisotopic (exact) mass is 426 g/mol. The van der Waals surface area contributed by atoms with Gasteiger partial charge in [-0.2, -0.15) is 10.1 Å². The largest absolute Gasteiger partial charge is 0.493 e. The second kappa shape index (κ2) is 8.77. The van der Waals surface area contributed by atoms with Crippen molar-refractivity contribution >= 4 is 23.2 Å². The summed E-state index contributed by atoms with van der Waals surface area (Å²) in [5.41, 5.74) is 2.73. The van der Waals surface area contributed by atoms with E-state index in [1.54, 1.807) is 14.2 Å². The first-order valence-corrected chi connectivity index (χ1v) is 10.0. The molecule has 1 aromatic heterocycles. The molecule has 1 aliphatic rings. The van der Waals surface area contributed by atoms with E-state index in [2.05, 4.69) is 21.5 Å². The highest BCUT2D eigenvalue weighted by Crippen LogP contribution is 2.37. The van der Waals surface area contributed by atoms with Gasteiger partial charge in [0.05, 0.1) is 14.2 Å². The lowest BCUT2D eigenvalue weighted by atomic mass is 10.0. The van der Waals surface area contributed by atoms with E-state index in [1.165, 1.54) is 0 Å². The average Bonchev–Trinajstić information content (AvgIpc) is 3.20. The third kappa shape index (κ3) is 3.86. The summed E-state index contributed by atoms with van der Waals surface area (Å²) >= 11 is 6.51. The maximum absolute atomic E-state index is 9.15. The van der Waals surface area contributed by atoms with Crippen LogP contribution in [0.3, 0.4) is 0 Å². The van der Waals surface area contributed by atoms with Crippen LogP contribution in [0.25, 0.3) is 5.70 Å². The number of methoxy groups -OCH3 is 2. The Morgan fingerprint density at radius 1 is 1.13 bits per heavy atom. The summed E-state index contributed by atoms with van der Waals surface area (Å²) in [7, 11) is 3.22. The second-order valence-electron chi connectivity index (χ2n) is 6.86. The van der Waals surface area contributed by atoms with Gasteiger partial charge < -0.3 is 19.9 Å². The molecular weight excluding hydrogens is 404 g/mol. The Morgan fingerprint density at radius 2 is 1.93 bits per heavy atom. The Bertz CT molecular complexity index is 1080. The molecular formula is C22H23ClN4O3. The van der Waals surface area contributed by atoms with Gasteiger partial charge in [-0.3, -0.25) is 0 Å². The minimum atomic E-state index is -0.228. The zero-order valence-corrected chi connectivity index (χ0v) is 17.6. The number of anilines is 1. The van der Waals surface area contributed by atoms with E-state index >= 15 is 0 Å². The average molecular weight is 427 g/mol. The number of allylic oxidation sites excluding steroid dienone is 1. The van der Waals surface area contributed by atoms with E-state index in [4.69, 9.17) is 26.2 Å². The van der Waals surface area contributed by atoms with Crippen LogP contribution in [0.1, 0.15) is 29.4 Å². The molecule has 0 aliphatic carbocycles. The first kappa shape index (κ1) is 20.3. The number of aliphatic hydroxyl groups excluding tert-OH is 1. The summed E-state index contributed by atoms with van der Waals surface area (Å²) in [6.45, 7) is 0.0976. The number of aromatic nitrogens is 3. The summed E-state index contributed by atoms with van der Waals surface area (Å²) in [5, 5.41) is 17.8. The van der Waals surface area contributed by atoms with Crippen LogP contribution in [0.5, 0.6) is 11.5 Å². The Labute approximate surface area is 179 Å². The van der Waals surface area contributed by atoms with Crippen LogP contribution in [-0.2, 0) is 6.42 Å². The molecule has 1 aliphatic heterocycles. The van der Waals surface area contributed by atoms with E-state index in [1.807, 2.05) is 47.1 Å². The van der Waals surface area contributed by atoms with Crippen molar-refractivity contribution in [3.63, 3.8) is 0 Å². The van der Waals surface area contributed by atoms with E-state index < -0.39 is 0 Å². The molecule has 1 atom stereocenters. The lowest BCUT2D eigenvalue weighted by Crippen LogP contribution is -2.20. The molecule has 0 radical (unpaired) electrons. The van der Waals surface area contributed by atoms with Crippen molar-refractivity contribution < 1.29 is 14.6 Å². The molecule has 2 heterocycles. The van der Waals surface area contributed by atoms with Crippen molar-refractivity contribution in [2.45, 2.75) is 18.9 Å². The SMILES string of the molecule is COc1ccc(C2=CC(c3ccccc3Cl)n3nc(CCCO)nc3N2)cc1OC. The maximum Gasteiger partial charge on any atom is 0.226 e. The van der Waals surface area contributed by atoms with Crippen LogP contribution in [-0.4, -0.2) is 40.7 Å². The van der Waals surface area contributed by atoms with Crippen molar-refractivity contribution in [1.29, 1.82) is 0 Å². The Balaban J connectivity index is 1.79. The molecule has 30 heavy (non-hydrogen) atoms. The fourth-order valence-corrected chi connectivity index (χ4v) is 3.74. The summed E-state index contributed by atoms with van der Waals surface area (Å²) in [6, 6.07) is 13.2. The molecule has 8 heteroatoms. The van der Waals surface area contributed by atoms with Crippen LogP contribution < -0.4 is 14.8 Å². The minimum Gasteiger partial charge on any atom is -0.493 e. The van der Waals surface area contributed by atoms with E-state index in [9.17, 15) is 0 Å². The van der Waals surface area contributed by atoms with Gasteiger partial charge in [0.2, 0.25) is 5.95 Å². The molecule has 0 saturated carbocycles. The normalized spacial score (nSPS) is 15.2. The van der Waals surface area contributed by atoms with Gasteiger partial charge in [0, 0.05) is 29.3 Å². The number of halogens is 1. The third-order valence-corrected chi connectivity index (χ3v) is 5.33. The predicted molar refractivity (Wildman–Crippen MR) is 116 cm³/mol. The summed E-state index contributed by atoms with van der Waals surface area (Å²) in [6.07, 6.45) is 3.27.